The summed E-state index contributed by atoms with van der Waals surface area (Å²) in [4.78, 5) is 30.8. The predicted octanol–water partition coefficient (Wildman–Crippen LogP) is 5.09. The summed E-state index contributed by atoms with van der Waals surface area (Å²) >= 11 is 1.09. The molecule has 2 aromatic carbocycles. The zero-order valence-electron chi connectivity index (χ0n) is 18.8. The summed E-state index contributed by atoms with van der Waals surface area (Å²) < 4.78 is 29.3. The molecule has 0 radical (unpaired) electrons. The topological polar surface area (TPSA) is 64.0 Å². The second-order valence-corrected chi connectivity index (χ2v) is 10.1. The fraction of sp³-hybridized carbons (Fsp3) is 0.400. The summed E-state index contributed by atoms with van der Waals surface area (Å²) in [5.41, 5.74) is -0.133. The van der Waals surface area contributed by atoms with Crippen molar-refractivity contribution < 1.29 is 13.6 Å². The molecule has 8 heteroatoms. The highest BCUT2D eigenvalue weighted by Crippen LogP contribution is 2.31. The standard InChI is InChI=1S/C25H27F2N3O2S/c1-14-7-6-10-20(15(14)2)28-23(31)16(3)33-25-29-21-9-5-4-8-18(21)24(32)30(25)22-12-11-17(26)13-19(22)27/h4-5,8-9,11-16,20H,6-7,10H2,1-3H3,(H,28,31)/t14-,15+,16+,20+/m1/s1. The number of nitrogens with one attached hydrogen (secondary N) is 1. The number of benzene rings is 2. The Hall–Kier alpha value is -2.74. The lowest BCUT2D eigenvalue weighted by Crippen LogP contribution is -2.46. The number of aromatic nitrogens is 2. The lowest BCUT2D eigenvalue weighted by molar-refractivity contribution is -0.121. The van der Waals surface area contributed by atoms with E-state index < -0.39 is 22.4 Å². The van der Waals surface area contributed by atoms with E-state index >= 15 is 0 Å². The van der Waals surface area contributed by atoms with E-state index in [2.05, 4.69) is 24.1 Å². The van der Waals surface area contributed by atoms with Crippen molar-refractivity contribution in [3.05, 3.63) is 64.5 Å². The minimum absolute atomic E-state index is 0.102. The second-order valence-electron chi connectivity index (χ2n) is 8.79. The van der Waals surface area contributed by atoms with Crippen molar-refractivity contribution >= 4 is 28.6 Å². The molecular weight excluding hydrogens is 444 g/mol. The van der Waals surface area contributed by atoms with Crippen LogP contribution in [0.1, 0.15) is 40.0 Å². The van der Waals surface area contributed by atoms with E-state index in [0.29, 0.717) is 22.7 Å². The van der Waals surface area contributed by atoms with Crippen LogP contribution in [0.5, 0.6) is 0 Å². The maximum atomic E-state index is 14.7. The zero-order chi connectivity index (χ0) is 23.7. The first-order chi connectivity index (χ1) is 15.8. The Morgan fingerprint density at radius 1 is 1.18 bits per heavy atom. The molecule has 0 spiro atoms. The van der Waals surface area contributed by atoms with Gasteiger partial charge in [-0.2, -0.15) is 0 Å². The lowest BCUT2D eigenvalue weighted by Gasteiger charge is -2.35. The minimum atomic E-state index is -0.877. The van der Waals surface area contributed by atoms with Gasteiger partial charge in [0.05, 0.1) is 21.8 Å². The molecule has 1 amide bonds. The Labute approximate surface area is 195 Å². The molecule has 174 valence electrons. The quantitative estimate of drug-likeness (QED) is 0.416. The molecule has 4 rings (SSSR count). The van der Waals surface area contributed by atoms with Gasteiger partial charge in [-0.25, -0.2) is 13.8 Å². The number of halogens is 2. The van der Waals surface area contributed by atoms with Crippen LogP contribution in [0, 0.1) is 23.5 Å². The van der Waals surface area contributed by atoms with Gasteiger partial charge < -0.3 is 5.32 Å². The second kappa shape index (κ2) is 9.63. The van der Waals surface area contributed by atoms with Gasteiger partial charge in [0.15, 0.2) is 5.16 Å². The average molecular weight is 472 g/mol. The van der Waals surface area contributed by atoms with Crippen molar-refractivity contribution in [3.63, 3.8) is 0 Å². The summed E-state index contributed by atoms with van der Waals surface area (Å²) in [6, 6.07) is 9.90. The number of para-hydroxylation sites is 1. The third-order valence-electron chi connectivity index (χ3n) is 6.58. The van der Waals surface area contributed by atoms with E-state index in [1.807, 2.05) is 0 Å². The number of hydrogen-bond donors (Lipinski definition) is 1. The normalized spacial score (nSPS) is 21.7. The highest BCUT2D eigenvalue weighted by atomic mass is 32.2. The molecule has 33 heavy (non-hydrogen) atoms. The van der Waals surface area contributed by atoms with Crippen LogP contribution in [0.15, 0.2) is 52.4 Å². The summed E-state index contributed by atoms with van der Waals surface area (Å²) in [5.74, 6) is -0.848. The van der Waals surface area contributed by atoms with E-state index in [1.54, 1.807) is 31.2 Å². The third-order valence-corrected chi connectivity index (χ3v) is 7.63. The summed E-state index contributed by atoms with van der Waals surface area (Å²) in [7, 11) is 0. The minimum Gasteiger partial charge on any atom is -0.352 e. The number of rotatable bonds is 5. The van der Waals surface area contributed by atoms with Crippen LogP contribution >= 0.6 is 11.8 Å². The first-order valence-electron chi connectivity index (χ1n) is 11.2. The molecule has 0 saturated heterocycles. The van der Waals surface area contributed by atoms with Crippen molar-refractivity contribution in [2.45, 2.75) is 56.5 Å². The molecule has 1 aliphatic rings. The Morgan fingerprint density at radius 3 is 2.70 bits per heavy atom. The van der Waals surface area contributed by atoms with Gasteiger partial charge in [-0.05, 0) is 49.4 Å². The van der Waals surface area contributed by atoms with Crippen LogP contribution < -0.4 is 10.9 Å². The number of amides is 1. The summed E-state index contributed by atoms with van der Waals surface area (Å²) in [6.45, 7) is 6.10. The van der Waals surface area contributed by atoms with Gasteiger partial charge in [0.2, 0.25) is 5.91 Å². The van der Waals surface area contributed by atoms with Crippen molar-refractivity contribution in [3.8, 4) is 5.69 Å². The van der Waals surface area contributed by atoms with E-state index in [4.69, 9.17) is 0 Å². The lowest BCUT2D eigenvalue weighted by atomic mass is 9.78. The van der Waals surface area contributed by atoms with Gasteiger partial charge in [0.1, 0.15) is 11.6 Å². The third kappa shape index (κ3) is 4.81. The van der Waals surface area contributed by atoms with Gasteiger partial charge in [0.25, 0.3) is 5.56 Å². The van der Waals surface area contributed by atoms with E-state index in [-0.39, 0.29) is 22.8 Å². The van der Waals surface area contributed by atoms with Crippen LogP contribution in [0.4, 0.5) is 8.78 Å². The van der Waals surface area contributed by atoms with Gasteiger partial charge in [0, 0.05) is 12.1 Å². The van der Waals surface area contributed by atoms with Crippen LogP contribution in [-0.2, 0) is 4.79 Å². The number of hydrogen-bond acceptors (Lipinski definition) is 4. The van der Waals surface area contributed by atoms with Crippen LogP contribution in [-0.4, -0.2) is 26.8 Å². The molecule has 1 saturated carbocycles. The average Bonchev–Trinajstić information content (AvgIpc) is 2.78. The number of carbonyl (C=O) groups excluding carboxylic acids is 1. The smallest absolute Gasteiger partial charge is 0.266 e. The molecule has 1 aromatic heterocycles. The first-order valence-corrected chi connectivity index (χ1v) is 12.1. The monoisotopic (exact) mass is 471 g/mol. The SMILES string of the molecule is C[C@H]1[C@H](C)CCC[C@@H]1NC(=O)[C@H](C)Sc1nc2ccccc2c(=O)n1-c1ccc(F)cc1F. The molecule has 1 heterocycles. The molecule has 5 nitrogen and oxygen atoms in total. The number of nitrogens with zero attached hydrogens (tertiary/aromatic N) is 2. The van der Waals surface area contributed by atoms with Crippen molar-refractivity contribution in [2.75, 3.05) is 0 Å². The van der Waals surface area contributed by atoms with Gasteiger partial charge in [-0.3, -0.25) is 14.2 Å². The highest BCUT2D eigenvalue weighted by molar-refractivity contribution is 8.00. The van der Waals surface area contributed by atoms with Crippen LogP contribution in [0.3, 0.4) is 0 Å². The fourth-order valence-electron chi connectivity index (χ4n) is 4.36. The molecule has 0 bridgehead atoms. The van der Waals surface area contributed by atoms with Gasteiger partial charge >= 0.3 is 0 Å². The van der Waals surface area contributed by atoms with Crippen LogP contribution in [0.2, 0.25) is 0 Å². The Morgan fingerprint density at radius 2 is 1.94 bits per heavy atom. The Balaban J connectivity index is 1.69. The Kier molecular flexibility index (Phi) is 6.83. The molecule has 1 N–H and O–H groups in total. The number of thioether (sulfide) groups is 1. The zero-order valence-corrected chi connectivity index (χ0v) is 19.7. The maximum Gasteiger partial charge on any atom is 0.266 e. The molecule has 3 aromatic rings. The number of fused-ring (bicyclic) bond motifs is 1. The van der Waals surface area contributed by atoms with Crippen LogP contribution in [0.25, 0.3) is 16.6 Å². The van der Waals surface area contributed by atoms with Crippen molar-refractivity contribution in [1.29, 1.82) is 0 Å². The van der Waals surface area contributed by atoms with Gasteiger partial charge in [-0.1, -0.05) is 50.6 Å². The largest absolute Gasteiger partial charge is 0.352 e. The number of carbonyl (C=O) groups is 1. The highest BCUT2D eigenvalue weighted by Gasteiger charge is 2.30. The maximum absolute atomic E-state index is 14.7. The van der Waals surface area contributed by atoms with Crippen molar-refractivity contribution in [2.24, 2.45) is 11.8 Å². The van der Waals surface area contributed by atoms with E-state index in [0.717, 1.165) is 47.7 Å². The Bertz CT molecular complexity index is 1250. The first kappa shape index (κ1) is 23.4. The molecule has 0 unspecified atom stereocenters. The summed E-state index contributed by atoms with van der Waals surface area (Å²) in [5, 5.41) is 3.07. The molecular formula is C25H27F2N3O2S. The molecule has 1 aliphatic carbocycles. The van der Waals surface area contributed by atoms with Gasteiger partial charge in [-0.15, -0.1) is 0 Å². The van der Waals surface area contributed by atoms with E-state index in [9.17, 15) is 18.4 Å². The molecule has 4 atom stereocenters. The van der Waals surface area contributed by atoms with Crippen molar-refractivity contribution in [1.82, 2.24) is 14.9 Å². The van der Waals surface area contributed by atoms with E-state index in [1.165, 1.54) is 6.07 Å². The molecule has 1 fully saturated rings. The summed E-state index contributed by atoms with van der Waals surface area (Å²) in [6.07, 6.45) is 3.18. The molecule has 0 aliphatic heterocycles. The fourth-order valence-corrected chi connectivity index (χ4v) is 5.29. The predicted molar refractivity (Wildman–Crippen MR) is 127 cm³/mol.